The molecule has 1 saturated carbocycles. The Morgan fingerprint density at radius 1 is 1.23 bits per heavy atom. The maximum absolute atomic E-state index is 12.6. The summed E-state index contributed by atoms with van der Waals surface area (Å²) in [5, 5.41) is 3.78. The first-order chi connectivity index (χ1) is 12.7. The minimum atomic E-state index is -0.146. The fourth-order valence-corrected chi connectivity index (χ4v) is 4.19. The number of nitrogens with zero attached hydrogens (tertiary/aromatic N) is 1. The van der Waals surface area contributed by atoms with Crippen molar-refractivity contribution >= 4 is 22.7 Å². The number of ether oxygens (including phenoxy) is 1. The van der Waals surface area contributed by atoms with Crippen molar-refractivity contribution in [1.82, 2.24) is 15.2 Å². The van der Waals surface area contributed by atoms with Crippen molar-refractivity contribution in [2.24, 2.45) is 0 Å². The molecule has 26 heavy (non-hydrogen) atoms. The molecule has 138 valence electrons. The average molecular weight is 355 g/mol. The Labute approximate surface area is 152 Å². The van der Waals surface area contributed by atoms with E-state index in [2.05, 4.69) is 10.3 Å². The molecule has 2 fully saturated rings. The molecule has 2 aromatic rings. The maximum atomic E-state index is 12.6. The fourth-order valence-electron chi connectivity index (χ4n) is 4.19. The molecule has 0 radical (unpaired) electrons. The summed E-state index contributed by atoms with van der Waals surface area (Å²) in [7, 11) is 0. The summed E-state index contributed by atoms with van der Waals surface area (Å²) < 4.78 is 5.83. The number of rotatable bonds is 4. The van der Waals surface area contributed by atoms with Crippen molar-refractivity contribution in [2.75, 3.05) is 19.7 Å². The van der Waals surface area contributed by atoms with E-state index < -0.39 is 0 Å². The van der Waals surface area contributed by atoms with Gasteiger partial charge in [-0.15, -0.1) is 0 Å². The first kappa shape index (κ1) is 17.1. The van der Waals surface area contributed by atoms with Crippen LogP contribution in [-0.4, -0.2) is 53.5 Å². The van der Waals surface area contributed by atoms with Crippen LogP contribution in [0.25, 0.3) is 10.9 Å². The first-order valence-corrected chi connectivity index (χ1v) is 9.49. The number of carbonyl (C=O) groups excluding carboxylic acids is 2. The van der Waals surface area contributed by atoms with Gasteiger partial charge in [-0.05, 0) is 18.9 Å². The lowest BCUT2D eigenvalue weighted by atomic mass is 9.90. The molecule has 1 aliphatic heterocycles. The molecular formula is C20H25N3O3. The lowest BCUT2D eigenvalue weighted by molar-refractivity contribution is -0.149. The highest BCUT2D eigenvalue weighted by Gasteiger charge is 2.36. The number of morpholine rings is 1. The third-order valence-corrected chi connectivity index (χ3v) is 5.51. The predicted molar refractivity (Wildman–Crippen MR) is 99.0 cm³/mol. The molecule has 2 amide bonds. The zero-order chi connectivity index (χ0) is 17.9. The standard InChI is InChI=1S/C20H25N3O3/c24-19(23-11-12-26-18-8-4-3-7-17(18)23)9-10-21-20(25)15-13-22-16-6-2-1-5-14(15)16/h1-2,5-6,13,17-18,22H,3-4,7-12H2,(H,21,25)/t17-,18-/m1/s1. The van der Waals surface area contributed by atoms with Gasteiger partial charge in [0.2, 0.25) is 5.91 Å². The number of hydrogen-bond donors (Lipinski definition) is 2. The van der Waals surface area contributed by atoms with Crippen molar-refractivity contribution in [2.45, 2.75) is 44.2 Å². The number of fused-ring (bicyclic) bond motifs is 2. The number of H-pyrrole nitrogens is 1. The SMILES string of the molecule is O=C(NCCC(=O)N1CCO[C@@H]2CCCC[C@H]21)c1c[nH]c2ccccc12. The van der Waals surface area contributed by atoms with Crippen molar-refractivity contribution in [3.8, 4) is 0 Å². The molecule has 2 atom stereocenters. The van der Waals surface area contributed by atoms with Crippen LogP contribution in [0.2, 0.25) is 0 Å². The van der Waals surface area contributed by atoms with E-state index in [1.54, 1.807) is 6.20 Å². The molecule has 2 aliphatic rings. The molecule has 1 aliphatic carbocycles. The zero-order valence-electron chi connectivity index (χ0n) is 14.9. The number of nitrogens with one attached hydrogen (secondary N) is 2. The van der Waals surface area contributed by atoms with Gasteiger partial charge in [0.1, 0.15) is 0 Å². The van der Waals surface area contributed by atoms with Crippen molar-refractivity contribution < 1.29 is 14.3 Å². The van der Waals surface area contributed by atoms with Gasteiger partial charge in [-0.25, -0.2) is 0 Å². The second kappa shape index (κ2) is 7.50. The van der Waals surface area contributed by atoms with E-state index in [1.807, 2.05) is 29.2 Å². The molecule has 6 nitrogen and oxygen atoms in total. The number of aromatic nitrogens is 1. The molecular weight excluding hydrogens is 330 g/mol. The number of aromatic amines is 1. The van der Waals surface area contributed by atoms with Crippen LogP contribution >= 0.6 is 0 Å². The molecule has 0 spiro atoms. The molecule has 0 unspecified atom stereocenters. The highest BCUT2D eigenvalue weighted by Crippen LogP contribution is 2.28. The van der Waals surface area contributed by atoms with E-state index in [-0.39, 0.29) is 24.0 Å². The minimum absolute atomic E-state index is 0.115. The molecule has 1 aromatic carbocycles. The van der Waals surface area contributed by atoms with E-state index >= 15 is 0 Å². The molecule has 2 heterocycles. The van der Waals surface area contributed by atoms with Crippen molar-refractivity contribution in [1.29, 1.82) is 0 Å². The molecule has 4 rings (SSSR count). The molecule has 1 aromatic heterocycles. The fraction of sp³-hybridized carbons (Fsp3) is 0.500. The number of benzene rings is 1. The first-order valence-electron chi connectivity index (χ1n) is 9.49. The second-order valence-corrected chi connectivity index (χ2v) is 7.10. The van der Waals surface area contributed by atoms with Crippen LogP contribution in [0.15, 0.2) is 30.5 Å². The van der Waals surface area contributed by atoms with Gasteiger partial charge in [-0.1, -0.05) is 31.0 Å². The topological polar surface area (TPSA) is 74.4 Å². The van der Waals surface area contributed by atoms with Gasteiger partial charge in [0.25, 0.3) is 5.91 Å². The third kappa shape index (κ3) is 3.33. The summed E-state index contributed by atoms with van der Waals surface area (Å²) >= 11 is 0. The molecule has 1 saturated heterocycles. The van der Waals surface area contributed by atoms with Gasteiger partial charge < -0.3 is 19.9 Å². The summed E-state index contributed by atoms with van der Waals surface area (Å²) in [5.41, 5.74) is 1.55. The van der Waals surface area contributed by atoms with Gasteiger partial charge in [0.15, 0.2) is 0 Å². The Hall–Kier alpha value is -2.34. The van der Waals surface area contributed by atoms with Gasteiger partial charge in [0.05, 0.1) is 24.3 Å². The van der Waals surface area contributed by atoms with E-state index in [4.69, 9.17) is 4.74 Å². The molecule has 0 bridgehead atoms. The Morgan fingerprint density at radius 2 is 2.08 bits per heavy atom. The highest BCUT2D eigenvalue weighted by atomic mass is 16.5. The van der Waals surface area contributed by atoms with E-state index in [0.717, 1.165) is 30.2 Å². The lowest BCUT2D eigenvalue weighted by Crippen LogP contribution is -2.55. The Kier molecular flexibility index (Phi) is 4.93. The monoisotopic (exact) mass is 355 g/mol. The number of carbonyl (C=O) groups is 2. The van der Waals surface area contributed by atoms with E-state index in [0.29, 0.717) is 31.7 Å². The number of amides is 2. The van der Waals surface area contributed by atoms with E-state index in [9.17, 15) is 9.59 Å². The van der Waals surface area contributed by atoms with Gasteiger partial charge in [-0.3, -0.25) is 9.59 Å². The number of hydrogen-bond acceptors (Lipinski definition) is 3. The Bertz CT molecular complexity index is 798. The van der Waals surface area contributed by atoms with Crippen LogP contribution in [0.4, 0.5) is 0 Å². The number of para-hydroxylation sites is 1. The van der Waals surface area contributed by atoms with Crippen LogP contribution < -0.4 is 5.32 Å². The summed E-state index contributed by atoms with van der Waals surface area (Å²) in [5.74, 6) is -0.0304. The van der Waals surface area contributed by atoms with E-state index in [1.165, 1.54) is 6.42 Å². The average Bonchev–Trinajstić information content (AvgIpc) is 3.11. The van der Waals surface area contributed by atoms with Crippen LogP contribution in [0, 0.1) is 0 Å². The summed E-state index contributed by atoms with van der Waals surface area (Å²) in [6.07, 6.45) is 6.66. The van der Waals surface area contributed by atoms with Gasteiger partial charge in [-0.2, -0.15) is 0 Å². The van der Waals surface area contributed by atoms with Crippen LogP contribution in [0.5, 0.6) is 0 Å². The largest absolute Gasteiger partial charge is 0.374 e. The minimum Gasteiger partial charge on any atom is -0.374 e. The van der Waals surface area contributed by atoms with Crippen LogP contribution in [0.1, 0.15) is 42.5 Å². The summed E-state index contributed by atoms with van der Waals surface area (Å²) in [6.45, 7) is 1.64. The molecule has 2 N–H and O–H groups in total. The highest BCUT2D eigenvalue weighted by molar-refractivity contribution is 6.06. The normalized spacial score (nSPS) is 22.8. The van der Waals surface area contributed by atoms with Crippen LogP contribution in [-0.2, 0) is 9.53 Å². The Morgan fingerprint density at radius 3 is 3.00 bits per heavy atom. The quantitative estimate of drug-likeness (QED) is 0.885. The van der Waals surface area contributed by atoms with Crippen molar-refractivity contribution in [3.63, 3.8) is 0 Å². The van der Waals surface area contributed by atoms with Crippen LogP contribution in [0.3, 0.4) is 0 Å². The molecule has 6 heteroatoms. The third-order valence-electron chi connectivity index (χ3n) is 5.51. The Balaban J connectivity index is 1.32. The second-order valence-electron chi connectivity index (χ2n) is 7.10. The summed E-state index contributed by atoms with van der Waals surface area (Å²) in [4.78, 5) is 30.2. The zero-order valence-corrected chi connectivity index (χ0v) is 14.9. The summed E-state index contributed by atoms with van der Waals surface area (Å²) in [6, 6.07) is 7.92. The van der Waals surface area contributed by atoms with Gasteiger partial charge >= 0.3 is 0 Å². The predicted octanol–water partition coefficient (Wildman–Crippen LogP) is 2.46. The lowest BCUT2D eigenvalue weighted by Gasteiger charge is -2.43. The van der Waals surface area contributed by atoms with Crippen molar-refractivity contribution in [3.05, 3.63) is 36.0 Å². The maximum Gasteiger partial charge on any atom is 0.253 e. The van der Waals surface area contributed by atoms with Gasteiger partial charge in [0, 0.05) is 36.6 Å². The smallest absolute Gasteiger partial charge is 0.253 e.